The molecule has 2 nitrogen and oxygen atoms in total. The minimum absolute atomic E-state index is 0.359. The molecule has 0 heterocycles. The molecule has 1 rings (SSSR count). The molecule has 16 heavy (non-hydrogen) atoms. The van der Waals surface area contributed by atoms with E-state index in [0.717, 1.165) is 18.6 Å². The molecule has 0 aliphatic heterocycles. The average molecular weight is 243 g/mol. The number of rotatable bonds is 6. The third-order valence-corrected chi connectivity index (χ3v) is 4.44. The van der Waals surface area contributed by atoms with E-state index in [1.54, 1.807) is 0 Å². The Morgan fingerprint density at radius 1 is 1.38 bits per heavy atom. The van der Waals surface area contributed by atoms with Crippen molar-refractivity contribution in [1.29, 1.82) is 0 Å². The van der Waals surface area contributed by atoms with Crippen LogP contribution in [0.3, 0.4) is 0 Å². The molecule has 1 fully saturated rings. The molecular weight excluding hydrogens is 218 g/mol. The summed E-state index contributed by atoms with van der Waals surface area (Å²) < 4.78 is 0. The van der Waals surface area contributed by atoms with E-state index in [0.29, 0.717) is 24.3 Å². The quantitative estimate of drug-likeness (QED) is 0.715. The SMILES string of the molecule is CSCC(C)N(C)CC(=O)C1CCCCC1. The summed E-state index contributed by atoms with van der Waals surface area (Å²) in [7, 11) is 2.07. The van der Waals surface area contributed by atoms with Gasteiger partial charge in [0, 0.05) is 17.7 Å². The van der Waals surface area contributed by atoms with Crippen molar-refractivity contribution in [3.05, 3.63) is 0 Å². The molecule has 0 aromatic carbocycles. The summed E-state index contributed by atoms with van der Waals surface area (Å²) in [6.07, 6.45) is 8.20. The lowest BCUT2D eigenvalue weighted by atomic mass is 9.86. The van der Waals surface area contributed by atoms with Crippen LogP contribution in [0.2, 0.25) is 0 Å². The molecule has 0 bridgehead atoms. The first kappa shape index (κ1) is 14.0. The number of likely N-dealkylation sites (N-methyl/N-ethyl adjacent to an activating group) is 1. The molecule has 0 aromatic rings. The summed E-state index contributed by atoms with van der Waals surface area (Å²) >= 11 is 1.85. The molecule has 0 aromatic heterocycles. The maximum Gasteiger partial charge on any atom is 0.149 e. The van der Waals surface area contributed by atoms with Crippen LogP contribution in [0.25, 0.3) is 0 Å². The molecule has 1 unspecified atom stereocenters. The van der Waals surface area contributed by atoms with Crippen molar-refractivity contribution in [1.82, 2.24) is 4.90 Å². The topological polar surface area (TPSA) is 20.3 Å². The zero-order chi connectivity index (χ0) is 12.0. The summed E-state index contributed by atoms with van der Waals surface area (Å²) in [4.78, 5) is 14.3. The first-order valence-electron chi connectivity index (χ1n) is 6.37. The molecule has 0 radical (unpaired) electrons. The van der Waals surface area contributed by atoms with Gasteiger partial charge in [0.2, 0.25) is 0 Å². The number of nitrogens with zero attached hydrogens (tertiary/aromatic N) is 1. The second kappa shape index (κ2) is 7.33. The van der Waals surface area contributed by atoms with Gasteiger partial charge in [0.15, 0.2) is 0 Å². The molecule has 1 aliphatic carbocycles. The lowest BCUT2D eigenvalue weighted by Crippen LogP contribution is -2.38. The Bertz CT molecular complexity index is 214. The number of hydrogen-bond donors (Lipinski definition) is 0. The minimum Gasteiger partial charge on any atom is -0.298 e. The molecule has 0 N–H and O–H groups in total. The standard InChI is InChI=1S/C13H25NOS/c1-11(10-16-3)14(2)9-13(15)12-7-5-4-6-8-12/h11-12H,4-10H2,1-3H3. The Balaban J connectivity index is 2.31. The number of Topliss-reactive ketones (excluding diaryl/α,β-unsaturated/α-hetero) is 1. The van der Waals surface area contributed by atoms with Gasteiger partial charge in [-0.3, -0.25) is 9.69 Å². The van der Waals surface area contributed by atoms with Gasteiger partial charge in [-0.1, -0.05) is 19.3 Å². The maximum absolute atomic E-state index is 12.1. The van der Waals surface area contributed by atoms with E-state index in [4.69, 9.17) is 0 Å². The molecule has 1 aliphatic rings. The van der Waals surface area contributed by atoms with Crippen molar-refractivity contribution in [2.45, 2.75) is 45.1 Å². The summed E-state index contributed by atoms with van der Waals surface area (Å²) in [5.41, 5.74) is 0. The fourth-order valence-corrected chi connectivity index (χ4v) is 3.06. The van der Waals surface area contributed by atoms with Crippen molar-refractivity contribution in [2.75, 3.05) is 25.6 Å². The average Bonchev–Trinajstić information content (AvgIpc) is 2.30. The van der Waals surface area contributed by atoms with Gasteiger partial charge < -0.3 is 0 Å². The van der Waals surface area contributed by atoms with Gasteiger partial charge in [0.25, 0.3) is 0 Å². The largest absolute Gasteiger partial charge is 0.298 e. The number of thioether (sulfide) groups is 1. The van der Waals surface area contributed by atoms with Crippen molar-refractivity contribution < 1.29 is 4.79 Å². The molecule has 1 atom stereocenters. The fourth-order valence-electron chi connectivity index (χ4n) is 2.32. The van der Waals surface area contributed by atoms with Gasteiger partial charge in [-0.25, -0.2) is 0 Å². The third-order valence-electron chi connectivity index (χ3n) is 3.63. The van der Waals surface area contributed by atoms with Crippen LogP contribution in [0.5, 0.6) is 0 Å². The molecule has 0 spiro atoms. The Kier molecular flexibility index (Phi) is 6.44. The van der Waals surface area contributed by atoms with E-state index in [9.17, 15) is 4.79 Å². The molecular formula is C13H25NOS. The Morgan fingerprint density at radius 3 is 2.56 bits per heavy atom. The van der Waals surface area contributed by atoms with Crippen LogP contribution >= 0.6 is 11.8 Å². The number of carbonyl (C=O) groups excluding carboxylic acids is 1. The van der Waals surface area contributed by atoms with Gasteiger partial charge in [-0.2, -0.15) is 11.8 Å². The molecule has 1 saturated carbocycles. The second-order valence-corrected chi connectivity index (χ2v) is 5.93. The first-order valence-corrected chi connectivity index (χ1v) is 7.76. The van der Waals surface area contributed by atoms with E-state index in [2.05, 4.69) is 25.1 Å². The molecule has 0 amide bonds. The van der Waals surface area contributed by atoms with Crippen LogP contribution < -0.4 is 0 Å². The molecule has 0 saturated heterocycles. The predicted molar refractivity (Wildman–Crippen MR) is 72.1 cm³/mol. The van der Waals surface area contributed by atoms with Crippen LogP contribution in [0.1, 0.15) is 39.0 Å². The van der Waals surface area contributed by atoms with Gasteiger partial charge in [-0.15, -0.1) is 0 Å². The van der Waals surface area contributed by atoms with Gasteiger partial charge in [-0.05, 0) is 33.1 Å². The third kappa shape index (κ3) is 4.46. The van der Waals surface area contributed by atoms with Crippen molar-refractivity contribution in [2.24, 2.45) is 5.92 Å². The van der Waals surface area contributed by atoms with Crippen LogP contribution in [0, 0.1) is 5.92 Å². The smallest absolute Gasteiger partial charge is 0.149 e. The van der Waals surface area contributed by atoms with Gasteiger partial charge >= 0.3 is 0 Å². The van der Waals surface area contributed by atoms with E-state index in [-0.39, 0.29) is 0 Å². The monoisotopic (exact) mass is 243 g/mol. The number of hydrogen-bond acceptors (Lipinski definition) is 3. The van der Waals surface area contributed by atoms with Gasteiger partial charge in [0.05, 0.1) is 6.54 Å². The first-order chi connectivity index (χ1) is 7.65. The van der Waals surface area contributed by atoms with Crippen molar-refractivity contribution in [3.63, 3.8) is 0 Å². The summed E-state index contributed by atoms with van der Waals surface area (Å²) in [5, 5.41) is 0. The van der Waals surface area contributed by atoms with Crippen molar-refractivity contribution >= 4 is 17.5 Å². The van der Waals surface area contributed by atoms with Crippen LogP contribution in [0.4, 0.5) is 0 Å². The highest BCUT2D eigenvalue weighted by Crippen LogP contribution is 2.24. The van der Waals surface area contributed by atoms with Gasteiger partial charge in [0.1, 0.15) is 5.78 Å². The molecule has 3 heteroatoms. The van der Waals surface area contributed by atoms with Crippen LogP contribution in [0.15, 0.2) is 0 Å². The predicted octanol–water partition coefficient (Wildman–Crippen LogP) is 2.82. The Labute approximate surface area is 104 Å². The van der Waals surface area contributed by atoms with Crippen molar-refractivity contribution in [3.8, 4) is 0 Å². The number of carbonyl (C=O) groups is 1. The summed E-state index contributed by atoms with van der Waals surface area (Å²) in [6, 6.07) is 0.502. The highest BCUT2D eigenvalue weighted by Gasteiger charge is 2.22. The van der Waals surface area contributed by atoms with E-state index < -0.39 is 0 Å². The summed E-state index contributed by atoms with van der Waals surface area (Å²) in [5.74, 6) is 1.93. The lowest BCUT2D eigenvalue weighted by molar-refractivity contribution is -0.125. The normalized spacial score (nSPS) is 20.0. The minimum atomic E-state index is 0.359. The number of ketones is 1. The fraction of sp³-hybridized carbons (Fsp3) is 0.923. The zero-order valence-corrected chi connectivity index (χ0v) is 11.7. The summed E-state index contributed by atoms with van der Waals surface area (Å²) in [6.45, 7) is 2.84. The Morgan fingerprint density at radius 2 is 2.00 bits per heavy atom. The maximum atomic E-state index is 12.1. The van der Waals surface area contributed by atoms with Crippen LogP contribution in [-0.4, -0.2) is 42.3 Å². The second-order valence-electron chi connectivity index (χ2n) is 5.02. The highest BCUT2D eigenvalue weighted by molar-refractivity contribution is 7.98. The zero-order valence-electron chi connectivity index (χ0n) is 10.9. The molecule has 94 valence electrons. The van der Waals surface area contributed by atoms with E-state index in [1.807, 2.05) is 11.8 Å². The van der Waals surface area contributed by atoms with Crippen LogP contribution in [-0.2, 0) is 4.79 Å². The Hall–Kier alpha value is -0.0200. The lowest BCUT2D eigenvalue weighted by Gasteiger charge is -2.27. The highest BCUT2D eigenvalue weighted by atomic mass is 32.2. The van der Waals surface area contributed by atoms with E-state index in [1.165, 1.54) is 19.3 Å². The van der Waals surface area contributed by atoms with E-state index >= 15 is 0 Å².